The van der Waals surface area contributed by atoms with Crippen molar-refractivity contribution >= 4 is 34.4 Å². The number of carbonyl (C=O) groups excluding carboxylic acids is 2. The second-order valence-electron chi connectivity index (χ2n) is 7.74. The number of aromatic nitrogens is 3. The molecule has 0 spiro atoms. The van der Waals surface area contributed by atoms with Gasteiger partial charge in [-0.2, -0.15) is 5.26 Å². The Bertz CT molecular complexity index is 1190. The van der Waals surface area contributed by atoms with E-state index in [1.165, 1.54) is 18.0 Å². The number of amides is 3. The average molecular weight is 496 g/mol. The van der Waals surface area contributed by atoms with Crippen LogP contribution in [0.4, 0.5) is 9.93 Å². The molecule has 0 aliphatic rings. The first-order valence-corrected chi connectivity index (χ1v) is 11.7. The lowest BCUT2D eigenvalue weighted by Crippen LogP contribution is -2.42. The van der Waals surface area contributed by atoms with Crippen LogP contribution in [0.1, 0.15) is 34.1 Å². The molecule has 0 bridgehead atoms. The second-order valence-corrected chi connectivity index (χ2v) is 8.75. The van der Waals surface area contributed by atoms with E-state index < -0.39 is 17.9 Å². The van der Waals surface area contributed by atoms with Gasteiger partial charge in [0.05, 0.1) is 36.6 Å². The number of hydrogen-bond acceptors (Lipinski definition) is 7. The molecule has 3 amide bonds. The molecule has 2 heterocycles. The fourth-order valence-electron chi connectivity index (χ4n) is 2.98. The molecular weight excluding hydrogens is 470 g/mol. The summed E-state index contributed by atoms with van der Waals surface area (Å²) in [6.07, 6.45) is 7.39. The van der Waals surface area contributed by atoms with E-state index in [4.69, 9.17) is 10.4 Å². The largest absolute Gasteiger partial charge is 0.481 e. The minimum atomic E-state index is -1.02. The number of carboxylic acid groups (broad SMARTS) is 1. The van der Waals surface area contributed by atoms with Crippen LogP contribution in [0, 0.1) is 17.2 Å². The zero-order valence-electron chi connectivity index (χ0n) is 19.0. The van der Waals surface area contributed by atoms with Crippen molar-refractivity contribution in [2.24, 2.45) is 5.92 Å². The molecule has 0 saturated carbocycles. The summed E-state index contributed by atoms with van der Waals surface area (Å²) < 4.78 is 1.92. The molecule has 1 unspecified atom stereocenters. The van der Waals surface area contributed by atoms with Gasteiger partial charge in [-0.05, 0) is 24.1 Å². The van der Waals surface area contributed by atoms with Crippen LogP contribution in [-0.4, -0.2) is 50.6 Å². The molecule has 11 nitrogen and oxygen atoms in total. The van der Waals surface area contributed by atoms with Crippen LogP contribution in [0.2, 0.25) is 0 Å². The zero-order chi connectivity index (χ0) is 25.2. The van der Waals surface area contributed by atoms with Crippen molar-refractivity contribution in [2.75, 3.05) is 18.0 Å². The third kappa shape index (κ3) is 7.38. The standard InChI is InChI=1S/C23H25N7O4S/c1-16(21(32)33)12-27-22(34)30(14-18-5-3-17(11-24)4-6-18)23-28-13-19(35-23)20(31)26-7-2-9-29-10-8-25-15-29/h3-6,8,10,13,15-16H,2,7,9,12,14H2,1H3,(H,26,31)(H,27,34)(H,32,33). The summed E-state index contributed by atoms with van der Waals surface area (Å²) >= 11 is 1.06. The second kappa shape index (κ2) is 12.3. The average Bonchev–Trinajstić information content (AvgIpc) is 3.56. The molecule has 3 N–H and O–H groups in total. The molecule has 12 heteroatoms. The fraction of sp³-hybridized carbons (Fsp3) is 0.304. The van der Waals surface area contributed by atoms with Gasteiger partial charge < -0.3 is 20.3 Å². The van der Waals surface area contributed by atoms with E-state index in [0.29, 0.717) is 22.1 Å². The Morgan fingerprint density at radius 1 is 1.26 bits per heavy atom. The minimum absolute atomic E-state index is 0.0618. The minimum Gasteiger partial charge on any atom is -0.481 e. The summed E-state index contributed by atoms with van der Waals surface area (Å²) in [5.41, 5.74) is 1.23. The van der Waals surface area contributed by atoms with Crippen molar-refractivity contribution in [1.29, 1.82) is 5.26 Å². The molecule has 0 aliphatic heterocycles. The highest BCUT2D eigenvalue weighted by atomic mass is 32.1. The summed E-state index contributed by atoms with van der Waals surface area (Å²) in [4.78, 5) is 46.5. The zero-order valence-corrected chi connectivity index (χ0v) is 19.9. The van der Waals surface area contributed by atoms with E-state index >= 15 is 0 Å². The van der Waals surface area contributed by atoms with E-state index in [-0.39, 0.29) is 19.0 Å². The van der Waals surface area contributed by atoms with Crippen molar-refractivity contribution in [1.82, 2.24) is 25.2 Å². The number of nitrogens with one attached hydrogen (secondary N) is 2. The normalized spacial score (nSPS) is 11.3. The SMILES string of the molecule is CC(CNC(=O)N(Cc1ccc(C#N)cc1)c1ncc(C(=O)NCCCn2ccnc2)s1)C(=O)O. The highest BCUT2D eigenvalue weighted by Gasteiger charge is 2.23. The van der Waals surface area contributed by atoms with Gasteiger partial charge >= 0.3 is 12.0 Å². The summed E-state index contributed by atoms with van der Waals surface area (Å²) in [7, 11) is 0. The lowest BCUT2D eigenvalue weighted by Gasteiger charge is -2.21. The van der Waals surface area contributed by atoms with Crippen molar-refractivity contribution in [3.05, 3.63) is 65.2 Å². The molecule has 1 atom stereocenters. The number of anilines is 1. The number of carbonyl (C=O) groups is 3. The van der Waals surface area contributed by atoms with Crippen LogP contribution < -0.4 is 15.5 Å². The number of thiazole rings is 1. The molecule has 1 aromatic carbocycles. The topological polar surface area (TPSA) is 153 Å². The lowest BCUT2D eigenvalue weighted by atomic mass is 10.1. The maximum atomic E-state index is 12.9. The van der Waals surface area contributed by atoms with Gasteiger partial charge in [0.1, 0.15) is 4.88 Å². The van der Waals surface area contributed by atoms with Crippen molar-refractivity contribution in [2.45, 2.75) is 26.4 Å². The summed E-state index contributed by atoms with van der Waals surface area (Å²) in [6.45, 7) is 2.74. The first kappa shape index (κ1) is 25.4. The number of rotatable bonds is 11. The fourth-order valence-corrected chi connectivity index (χ4v) is 3.81. The molecule has 0 saturated heterocycles. The molecule has 0 fully saturated rings. The van der Waals surface area contributed by atoms with E-state index in [1.807, 2.05) is 16.8 Å². The highest BCUT2D eigenvalue weighted by Crippen LogP contribution is 2.25. The van der Waals surface area contributed by atoms with Crippen molar-refractivity contribution < 1.29 is 19.5 Å². The van der Waals surface area contributed by atoms with Crippen molar-refractivity contribution in [3.8, 4) is 6.07 Å². The van der Waals surface area contributed by atoms with Crippen LogP contribution in [0.3, 0.4) is 0 Å². The molecule has 3 aromatic rings. The smallest absolute Gasteiger partial charge is 0.324 e. The molecule has 3 rings (SSSR count). The summed E-state index contributed by atoms with van der Waals surface area (Å²) in [5, 5.41) is 23.8. The first-order chi connectivity index (χ1) is 16.9. The first-order valence-electron chi connectivity index (χ1n) is 10.8. The molecule has 35 heavy (non-hydrogen) atoms. The van der Waals surface area contributed by atoms with Gasteiger partial charge in [0.2, 0.25) is 0 Å². The van der Waals surface area contributed by atoms with Gasteiger partial charge in [-0.1, -0.05) is 30.4 Å². The van der Waals surface area contributed by atoms with Gasteiger partial charge in [-0.15, -0.1) is 0 Å². The Hall–Kier alpha value is -4.24. The van der Waals surface area contributed by atoms with Gasteiger partial charge in [0.25, 0.3) is 5.91 Å². The Kier molecular flexibility index (Phi) is 8.91. The van der Waals surface area contributed by atoms with E-state index in [2.05, 4.69) is 20.6 Å². The summed E-state index contributed by atoms with van der Waals surface area (Å²) in [5.74, 6) is -2.08. The number of nitrogens with zero attached hydrogens (tertiary/aromatic N) is 5. The number of nitriles is 1. The van der Waals surface area contributed by atoms with Crippen LogP contribution in [-0.2, 0) is 17.9 Å². The predicted octanol–water partition coefficient (Wildman–Crippen LogP) is 2.47. The molecular formula is C23H25N7O4S. The van der Waals surface area contributed by atoms with Gasteiger partial charge in [0, 0.05) is 32.0 Å². The Morgan fingerprint density at radius 3 is 2.69 bits per heavy atom. The van der Waals surface area contributed by atoms with Crippen LogP contribution in [0.5, 0.6) is 0 Å². The van der Waals surface area contributed by atoms with Crippen LogP contribution in [0.25, 0.3) is 0 Å². The third-order valence-electron chi connectivity index (χ3n) is 5.04. The van der Waals surface area contributed by atoms with Gasteiger partial charge in [0.15, 0.2) is 5.13 Å². The summed E-state index contributed by atoms with van der Waals surface area (Å²) in [6, 6.07) is 8.23. The number of urea groups is 1. The van der Waals surface area contributed by atoms with Crippen LogP contribution >= 0.6 is 11.3 Å². The monoisotopic (exact) mass is 495 g/mol. The lowest BCUT2D eigenvalue weighted by molar-refractivity contribution is -0.140. The molecule has 0 radical (unpaired) electrons. The molecule has 2 aromatic heterocycles. The van der Waals surface area contributed by atoms with E-state index in [0.717, 1.165) is 29.9 Å². The van der Waals surface area contributed by atoms with Gasteiger partial charge in [-0.3, -0.25) is 14.5 Å². The number of aliphatic carboxylic acids is 1. The number of aryl methyl sites for hydroxylation is 1. The molecule has 0 aliphatic carbocycles. The maximum absolute atomic E-state index is 12.9. The molecule has 182 valence electrons. The highest BCUT2D eigenvalue weighted by molar-refractivity contribution is 7.17. The number of imidazole rings is 1. The van der Waals surface area contributed by atoms with Gasteiger partial charge in [-0.25, -0.2) is 14.8 Å². The van der Waals surface area contributed by atoms with E-state index in [9.17, 15) is 14.4 Å². The van der Waals surface area contributed by atoms with Crippen molar-refractivity contribution in [3.63, 3.8) is 0 Å². The maximum Gasteiger partial charge on any atom is 0.324 e. The predicted molar refractivity (Wildman–Crippen MR) is 129 cm³/mol. The Labute approximate surface area is 206 Å². The Balaban J connectivity index is 1.67. The quantitative estimate of drug-likeness (QED) is 0.345. The number of hydrogen-bond donors (Lipinski definition) is 3. The number of benzene rings is 1. The third-order valence-corrected chi connectivity index (χ3v) is 6.06. The van der Waals surface area contributed by atoms with Crippen LogP contribution in [0.15, 0.2) is 49.2 Å². The Morgan fingerprint density at radius 2 is 2.03 bits per heavy atom. The number of carboxylic acids is 1. The van der Waals surface area contributed by atoms with E-state index in [1.54, 1.807) is 36.8 Å².